The Labute approximate surface area is 160 Å². The lowest BCUT2D eigenvalue weighted by molar-refractivity contribution is -0.123. The van der Waals surface area contributed by atoms with Gasteiger partial charge in [-0.3, -0.25) is 9.59 Å². The normalized spacial score (nSPS) is 12.6. The Morgan fingerprint density at radius 1 is 1.36 bits per heavy atom. The highest BCUT2D eigenvalue weighted by atomic mass is 35.5. The van der Waals surface area contributed by atoms with Crippen molar-refractivity contribution >= 4 is 41.5 Å². The maximum Gasteiger partial charge on any atom is 0.237 e. The summed E-state index contributed by atoms with van der Waals surface area (Å²) < 4.78 is 5.21. The average Bonchev–Trinajstić information content (AvgIpc) is 2.56. The van der Waals surface area contributed by atoms with Crippen molar-refractivity contribution in [2.24, 2.45) is 11.7 Å². The maximum absolute atomic E-state index is 12.0. The number of hydrogen-bond donors (Lipinski definition) is 3. The Balaban J connectivity index is 0.00000576. The molecule has 0 radical (unpaired) electrons. The fourth-order valence-corrected chi connectivity index (χ4v) is 2.23. The molecule has 2 atom stereocenters. The van der Waals surface area contributed by atoms with Crippen LogP contribution in [0.4, 0.5) is 5.69 Å². The number of ether oxygens (including phenoxy) is 1. The number of nitrogens with one attached hydrogen (secondary N) is 2. The molecule has 0 aliphatic rings. The molecule has 0 heterocycles. The van der Waals surface area contributed by atoms with Gasteiger partial charge >= 0.3 is 0 Å². The van der Waals surface area contributed by atoms with Crippen LogP contribution in [0.15, 0.2) is 12.1 Å². The minimum absolute atomic E-state index is 0. The molecule has 2 amide bonds. The molecule has 1 aromatic carbocycles. The zero-order valence-corrected chi connectivity index (χ0v) is 16.6. The van der Waals surface area contributed by atoms with Gasteiger partial charge in [0.1, 0.15) is 5.75 Å². The van der Waals surface area contributed by atoms with E-state index >= 15 is 0 Å². The van der Waals surface area contributed by atoms with Crippen LogP contribution in [0, 0.1) is 12.8 Å². The van der Waals surface area contributed by atoms with Crippen LogP contribution in [-0.4, -0.2) is 31.5 Å². The number of nitrogens with two attached hydrogens (primary N) is 1. The molecule has 2 unspecified atom stereocenters. The second kappa shape index (κ2) is 11.2. The molecule has 0 saturated heterocycles. The standard InChI is InChI=1S/C17H26ClN3O3.ClH/c1-5-10(2)16(19)17(23)20-7-6-15(22)21-13-8-11(3)12(18)9-14(13)24-4;/h8-10,16H,5-7,19H2,1-4H3,(H,20,23)(H,21,22);1H. The minimum Gasteiger partial charge on any atom is -0.495 e. The lowest BCUT2D eigenvalue weighted by Crippen LogP contribution is -2.45. The van der Waals surface area contributed by atoms with E-state index in [2.05, 4.69) is 10.6 Å². The van der Waals surface area contributed by atoms with Crippen molar-refractivity contribution in [3.63, 3.8) is 0 Å². The highest BCUT2D eigenvalue weighted by molar-refractivity contribution is 6.31. The number of rotatable bonds is 8. The van der Waals surface area contributed by atoms with E-state index in [9.17, 15) is 9.59 Å². The summed E-state index contributed by atoms with van der Waals surface area (Å²) in [5, 5.41) is 6.01. The van der Waals surface area contributed by atoms with E-state index in [4.69, 9.17) is 22.1 Å². The van der Waals surface area contributed by atoms with Crippen molar-refractivity contribution in [3.05, 3.63) is 22.7 Å². The third kappa shape index (κ3) is 7.10. The summed E-state index contributed by atoms with van der Waals surface area (Å²) in [5.74, 6) is 0.117. The Bertz CT molecular complexity index is 597. The molecule has 0 aromatic heterocycles. The van der Waals surface area contributed by atoms with Gasteiger partial charge in [-0.05, 0) is 24.5 Å². The highest BCUT2D eigenvalue weighted by Crippen LogP contribution is 2.30. The van der Waals surface area contributed by atoms with Crippen molar-refractivity contribution < 1.29 is 14.3 Å². The number of hydrogen-bond acceptors (Lipinski definition) is 4. The van der Waals surface area contributed by atoms with Crippen LogP contribution in [0.3, 0.4) is 0 Å². The summed E-state index contributed by atoms with van der Waals surface area (Å²) in [7, 11) is 1.51. The van der Waals surface area contributed by atoms with Crippen molar-refractivity contribution in [1.82, 2.24) is 5.32 Å². The Morgan fingerprint density at radius 3 is 2.56 bits per heavy atom. The van der Waals surface area contributed by atoms with Gasteiger partial charge in [-0.1, -0.05) is 31.9 Å². The third-order valence-electron chi connectivity index (χ3n) is 3.97. The van der Waals surface area contributed by atoms with Gasteiger partial charge < -0.3 is 21.1 Å². The number of amides is 2. The molecule has 0 saturated carbocycles. The maximum atomic E-state index is 12.0. The number of carbonyl (C=O) groups excluding carboxylic acids is 2. The molecule has 0 aliphatic carbocycles. The van der Waals surface area contributed by atoms with Gasteiger partial charge in [-0.2, -0.15) is 0 Å². The molecule has 142 valence electrons. The Morgan fingerprint density at radius 2 is 2.00 bits per heavy atom. The first-order valence-corrected chi connectivity index (χ1v) is 8.35. The summed E-state index contributed by atoms with van der Waals surface area (Å²) in [6, 6.07) is 2.84. The molecule has 1 aromatic rings. The third-order valence-corrected chi connectivity index (χ3v) is 4.37. The van der Waals surface area contributed by atoms with Gasteiger partial charge in [-0.25, -0.2) is 0 Å². The number of carbonyl (C=O) groups is 2. The van der Waals surface area contributed by atoms with Gasteiger partial charge in [0.15, 0.2) is 0 Å². The monoisotopic (exact) mass is 391 g/mol. The van der Waals surface area contributed by atoms with E-state index < -0.39 is 6.04 Å². The molecule has 6 nitrogen and oxygen atoms in total. The number of aryl methyl sites for hydroxylation is 1. The molecule has 8 heteroatoms. The Hall–Kier alpha value is -1.50. The SMILES string of the molecule is CCC(C)C(N)C(=O)NCCC(=O)Nc1cc(C)c(Cl)cc1OC.Cl. The number of anilines is 1. The molecule has 4 N–H and O–H groups in total. The summed E-state index contributed by atoms with van der Waals surface area (Å²) in [6.07, 6.45) is 0.967. The summed E-state index contributed by atoms with van der Waals surface area (Å²) >= 11 is 6.03. The van der Waals surface area contributed by atoms with Crippen LogP contribution >= 0.6 is 24.0 Å². The first-order valence-electron chi connectivity index (χ1n) is 7.97. The summed E-state index contributed by atoms with van der Waals surface area (Å²) in [6.45, 7) is 5.97. The number of benzene rings is 1. The molecule has 0 aliphatic heterocycles. The molecular formula is C17H27Cl2N3O3. The van der Waals surface area contributed by atoms with E-state index in [1.165, 1.54) is 7.11 Å². The second-order valence-corrected chi connectivity index (χ2v) is 6.21. The van der Waals surface area contributed by atoms with Gasteiger partial charge in [0.25, 0.3) is 0 Å². The van der Waals surface area contributed by atoms with Gasteiger partial charge in [0.05, 0.1) is 18.8 Å². The Kier molecular flexibility index (Phi) is 10.5. The van der Waals surface area contributed by atoms with Crippen molar-refractivity contribution in [2.45, 2.75) is 39.7 Å². The molecule has 25 heavy (non-hydrogen) atoms. The number of halogens is 2. The second-order valence-electron chi connectivity index (χ2n) is 5.80. The van der Waals surface area contributed by atoms with Crippen LogP contribution < -0.4 is 21.1 Å². The summed E-state index contributed by atoms with van der Waals surface area (Å²) in [5.41, 5.74) is 7.22. The fraction of sp³-hybridized carbons (Fsp3) is 0.529. The van der Waals surface area contributed by atoms with E-state index in [1.807, 2.05) is 20.8 Å². The lowest BCUT2D eigenvalue weighted by atomic mass is 9.99. The minimum atomic E-state index is -0.558. The highest BCUT2D eigenvalue weighted by Gasteiger charge is 2.19. The fourth-order valence-electron chi connectivity index (χ4n) is 2.07. The molecule has 0 fully saturated rings. The van der Waals surface area contributed by atoms with Gasteiger partial charge in [-0.15, -0.1) is 12.4 Å². The van der Waals surface area contributed by atoms with Gasteiger partial charge in [0, 0.05) is 24.1 Å². The van der Waals surface area contributed by atoms with E-state index in [0.717, 1.165) is 12.0 Å². The first-order chi connectivity index (χ1) is 11.3. The van der Waals surface area contributed by atoms with E-state index in [-0.39, 0.29) is 43.1 Å². The quantitative estimate of drug-likeness (QED) is 0.634. The van der Waals surface area contributed by atoms with Gasteiger partial charge in [0.2, 0.25) is 11.8 Å². The first kappa shape index (κ1) is 23.5. The van der Waals surface area contributed by atoms with Crippen LogP contribution in [0.25, 0.3) is 0 Å². The number of methoxy groups -OCH3 is 1. The zero-order valence-electron chi connectivity index (χ0n) is 15.0. The molecular weight excluding hydrogens is 365 g/mol. The molecule has 0 bridgehead atoms. The van der Waals surface area contributed by atoms with Crippen LogP contribution in [-0.2, 0) is 9.59 Å². The lowest BCUT2D eigenvalue weighted by Gasteiger charge is -2.17. The van der Waals surface area contributed by atoms with Crippen LogP contribution in [0.1, 0.15) is 32.3 Å². The van der Waals surface area contributed by atoms with E-state index in [0.29, 0.717) is 16.5 Å². The predicted molar refractivity (Wildman–Crippen MR) is 104 cm³/mol. The molecule has 1 rings (SSSR count). The van der Waals surface area contributed by atoms with Crippen molar-refractivity contribution in [3.8, 4) is 5.75 Å². The topological polar surface area (TPSA) is 93.5 Å². The predicted octanol–water partition coefficient (Wildman–Crippen LogP) is 2.90. The van der Waals surface area contributed by atoms with Crippen LogP contribution in [0.5, 0.6) is 5.75 Å². The molecule has 0 spiro atoms. The largest absolute Gasteiger partial charge is 0.495 e. The average molecular weight is 392 g/mol. The van der Waals surface area contributed by atoms with E-state index in [1.54, 1.807) is 12.1 Å². The van der Waals surface area contributed by atoms with Crippen LogP contribution in [0.2, 0.25) is 5.02 Å². The van der Waals surface area contributed by atoms with Crippen molar-refractivity contribution in [2.75, 3.05) is 19.0 Å². The smallest absolute Gasteiger partial charge is 0.237 e. The van der Waals surface area contributed by atoms with Crippen molar-refractivity contribution in [1.29, 1.82) is 0 Å². The summed E-state index contributed by atoms with van der Waals surface area (Å²) in [4.78, 5) is 23.9. The zero-order chi connectivity index (χ0) is 18.3.